The third-order valence-corrected chi connectivity index (χ3v) is 4.80. The Kier molecular flexibility index (Phi) is 3.79. The van der Waals surface area contributed by atoms with Crippen molar-refractivity contribution < 1.29 is 0 Å². The molecule has 0 aliphatic carbocycles. The first kappa shape index (κ1) is 15.6. The maximum atomic E-state index is 4.65. The average molecular weight is 350 g/mol. The van der Waals surface area contributed by atoms with Crippen molar-refractivity contribution in [3.8, 4) is 11.1 Å². The molecule has 5 rings (SSSR count). The van der Waals surface area contributed by atoms with Crippen LogP contribution in [0.4, 0.5) is 23.0 Å². The Hall–Kier alpha value is -3.66. The highest BCUT2D eigenvalue weighted by Gasteiger charge is 2.31. The summed E-state index contributed by atoms with van der Waals surface area (Å²) in [5, 5.41) is 0. The number of para-hydroxylation sites is 2. The summed E-state index contributed by atoms with van der Waals surface area (Å²) in [6.45, 7) is 0.674. The fourth-order valence-corrected chi connectivity index (χ4v) is 3.55. The van der Waals surface area contributed by atoms with Crippen LogP contribution in [0.3, 0.4) is 0 Å². The van der Waals surface area contributed by atoms with E-state index in [1.165, 1.54) is 11.1 Å². The zero-order valence-corrected chi connectivity index (χ0v) is 14.7. The molecule has 1 aliphatic rings. The van der Waals surface area contributed by atoms with Gasteiger partial charge >= 0.3 is 0 Å². The van der Waals surface area contributed by atoms with Gasteiger partial charge in [-0.25, -0.2) is 9.97 Å². The molecule has 0 amide bonds. The van der Waals surface area contributed by atoms with E-state index in [1.54, 1.807) is 12.4 Å². The molecule has 0 saturated heterocycles. The van der Waals surface area contributed by atoms with E-state index < -0.39 is 0 Å². The summed E-state index contributed by atoms with van der Waals surface area (Å²) >= 11 is 0. The van der Waals surface area contributed by atoms with Gasteiger partial charge in [0.05, 0.1) is 5.69 Å². The number of hydrogen-bond donors (Lipinski definition) is 0. The van der Waals surface area contributed by atoms with Crippen LogP contribution in [0, 0.1) is 0 Å². The molecule has 4 heteroatoms. The minimum absolute atomic E-state index is 0.674. The van der Waals surface area contributed by atoms with Crippen molar-refractivity contribution in [1.82, 2.24) is 9.97 Å². The number of rotatable bonds is 3. The molecule has 1 aliphatic heterocycles. The van der Waals surface area contributed by atoms with Gasteiger partial charge in [0, 0.05) is 23.6 Å². The minimum atomic E-state index is 0.674. The monoisotopic (exact) mass is 350 g/mol. The fraction of sp³-hybridized carbons (Fsp3) is 0.0435. The highest BCUT2D eigenvalue weighted by Crippen LogP contribution is 2.43. The second-order valence-electron chi connectivity index (χ2n) is 6.42. The lowest BCUT2D eigenvalue weighted by Gasteiger charge is -2.23. The summed E-state index contributed by atoms with van der Waals surface area (Å²) in [6, 6.07) is 29.2. The first-order chi connectivity index (χ1) is 13.4. The smallest absolute Gasteiger partial charge is 0.178 e. The maximum absolute atomic E-state index is 4.65. The highest BCUT2D eigenvalue weighted by atomic mass is 15.4. The number of fused-ring (bicyclic) bond motifs is 1. The van der Waals surface area contributed by atoms with Gasteiger partial charge in [-0.2, -0.15) is 0 Å². The standard InChI is InChI=1S/C23H18N4/c1-3-9-18(10-4-1)20-13-7-8-14-21(20)27-17-26(19-11-5-2-6-12-19)22-23(27)25-16-15-24-22/h1-16H,17H2. The van der Waals surface area contributed by atoms with Crippen molar-refractivity contribution in [2.45, 2.75) is 0 Å². The molecule has 0 unspecified atom stereocenters. The predicted octanol–water partition coefficient (Wildman–Crippen LogP) is 5.39. The van der Waals surface area contributed by atoms with Crippen LogP contribution in [-0.2, 0) is 0 Å². The first-order valence-electron chi connectivity index (χ1n) is 8.97. The molecule has 4 nitrogen and oxygen atoms in total. The van der Waals surface area contributed by atoms with Gasteiger partial charge in [0.25, 0.3) is 0 Å². The zero-order valence-electron chi connectivity index (χ0n) is 14.7. The minimum Gasteiger partial charge on any atom is -0.305 e. The molecule has 0 atom stereocenters. The van der Waals surface area contributed by atoms with Crippen molar-refractivity contribution in [1.29, 1.82) is 0 Å². The van der Waals surface area contributed by atoms with Gasteiger partial charge in [-0.15, -0.1) is 0 Å². The lowest BCUT2D eigenvalue weighted by Crippen LogP contribution is -2.24. The maximum Gasteiger partial charge on any atom is 0.178 e. The molecule has 0 bridgehead atoms. The van der Waals surface area contributed by atoms with Gasteiger partial charge in [0.2, 0.25) is 0 Å². The van der Waals surface area contributed by atoms with Crippen LogP contribution in [-0.4, -0.2) is 16.6 Å². The van der Waals surface area contributed by atoms with E-state index >= 15 is 0 Å². The summed E-state index contributed by atoms with van der Waals surface area (Å²) in [6.07, 6.45) is 3.51. The molecular formula is C23H18N4. The highest BCUT2D eigenvalue weighted by molar-refractivity contribution is 5.88. The second kappa shape index (κ2) is 6.57. The van der Waals surface area contributed by atoms with Crippen LogP contribution in [0.5, 0.6) is 0 Å². The molecule has 0 fully saturated rings. The average Bonchev–Trinajstić information content (AvgIpc) is 3.15. The molecule has 0 saturated carbocycles. The van der Waals surface area contributed by atoms with Gasteiger partial charge < -0.3 is 9.80 Å². The Morgan fingerprint density at radius 1 is 0.593 bits per heavy atom. The molecule has 27 heavy (non-hydrogen) atoms. The predicted molar refractivity (Wildman–Crippen MR) is 109 cm³/mol. The third-order valence-electron chi connectivity index (χ3n) is 4.80. The summed E-state index contributed by atoms with van der Waals surface area (Å²) in [7, 11) is 0. The topological polar surface area (TPSA) is 32.3 Å². The molecule has 0 N–H and O–H groups in total. The lowest BCUT2D eigenvalue weighted by atomic mass is 10.0. The van der Waals surface area contributed by atoms with E-state index in [-0.39, 0.29) is 0 Å². The largest absolute Gasteiger partial charge is 0.305 e. The lowest BCUT2D eigenvalue weighted by molar-refractivity contribution is 0.977. The van der Waals surface area contributed by atoms with Crippen molar-refractivity contribution in [3.05, 3.63) is 97.3 Å². The second-order valence-corrected chi connectivity index (χ2v) is 6.42. The molecule has 3 aromatic carbocycles. The van der Waals surface area contributed by atoms with Gasteiger partial charge in [0.15, 0.2) is 11.6 Å². The van der Waals surface area contributed by atoms with E-state index in [0.717, 1.165) is 23.0 Å². The van der Waals surface area contributed by atoms with Crippen LogP contribution in [0.2, 0.25) is 0 Å². The Bertz CT molecular complexity index is 1060. The summed E-state index contributed by atoms with van der Waals surface area (Å²) < 4.78 is 0. The van der Waals surface area contributed by atoms with Crippen LogP contribution < -0.4 is 9.80 Å². The van der Waals surface area contributed by atoms with E-state index in [2.05, 4.69) is 80.4 Å². The Morgan fingerprint density at radius 2 is 1.19 bits per heavy atom. The van der Waals surface area contributed by atoms with Crippen molar-refractivity contribution in [3.63, 3.8) is 0 Å². The van der Waals surface area contributed by atoms with Crippen molar-refractivity contribution in [2.75, 3.05) is 16.5 Å². The van der Waals surface area contributed by atoms with Gasteiger partial charge in [-0.3, -0.25) is 0 Å². The molecule has 1 aromatic heterocycles. The first-order valence-corrected chi connectivity index (χ1v) is 8.97. The number of aromatic nitrogens is 2. The fourth-order valence-electron chi connectivity index (χ4n) is 3.55. The number of hydrogen-bond acceptors (Lipinski definition) is 4. The van der Waals surface area contributed by atoms with Crippen LogP contribution in [0.15, 0.2) is 97.3 Å². The molecular weight excluding hydrogens is 332 g/mol. The van der Waals surface area contributed by atoms with Crippen molar-refractivity contribution >= 4 is 23.0 Å². The molecule has 0 radical (unpaired) electrons. The summed E-state index contributed by atoms with van der Waals surface area (Å²) in [4.78, 5) is 13.7. The van der Waals surface area contributed by atoms with Crippen molar-refractivity contribution in [2.24, 2.45) is 0 Å². The summed E-state index contributed by atoms with van der Waals surface area (Å²) in [5.41, 5.74) is 4.61. The third kappa shape index (κ3) is 2.72. The number of anilines is 4. The SMILES string of the molecule is c1ccc(-c2ccccc2N2CN(c3ccccc3)c3nccnc32)cc1. The van der Waals surface area contributed by atoms with Crippen LogP contribution >= 0.6 is 0 Å². The number of benzene rings is 3. The Morgan fingerprint density at radius 3 is 1.93 bits per heavy atom. The van der Waals surface area contributed by atoms with Crippen LogP contribution in [0.25, 0.3) is 11.1 Å². The summed E-state index contributed by atoms with van der Waals surface area (Å²) in [5.74, 6) is 1.76. The van der Waals surface area contributed by atoms with E-state index in [9.17, 15) is 0 Å². The molecule has 0 spiro atoms. The molecule has 2 heterocycles. The van der Waals surface area contributed by atoms with Gasteiger partial charge in [0.1, 0.15) is 6.67 Å². The zero-order chi connectivity index (χ0) is 18.1. The normalized spacial score (nSPS) is 12.9. The van der Waals surface area contributed by atoms with Gasteiger partial charge in [-0.1, -0.05) is 66.7 Å². The molecule has 130 valence electrons. The Labute approximate surface area is 158 Å². The van der Waals surface area contributed by atoms with E-state index in [0.29, 0.717) is 6.67 Å². The number of nitrogens with zero attached hydrogens (tertiary/aromatic N) is 4. The van der Waals surface area contributed by atoms with E-state index in [1.807, 2.05) is 24.3 Å². The molecule has 4 aromatic rings. The van der Waals surface area contributed by atoms with E-state index in [4.69, 9.17) is 0 Å². The van der Waals surface area contributed by atoms with Crippen LogP contribution in [0.1, 0.15) is 0 Å². The Balaban J connectivity index is 1.64. The van der Waals surface area contributed by atoms with Gasteiger partial charge in [-0.05, 0) is 23.8 Å². The quantitative estimate of drug-likeness (QED) is 0.496.